The SMILES string of the molecule is C[Si](C)(CCCCOc1cnc(-c2ccc(OCc3ccccc3)cc2)nc1)CCC(F)(F)F. The van der Waals surface area contributed by atoms with E-state index in [0.29, 0.717) is 24.8 Å². The number of nitrogens with zero attached hydrogens (tertiary/aromatic N) is 2. The zero-order valence-electron chi connectivity index (χ0n) is 19.6. The minimum absolute atomic E-state index is 0.285. The lowest BCUT2D eigenvalue weighted by Gasteiger charge is -2.23. The van der Waals surface area contributed by atoms with Gasteiger partial charge in [-0.1, -0.05) is 55.9 Å². The molecule has 0 aliphatic carbocycles. The van der Waals surface area contributed by atoms with Crippen LogP contribution in [0.3, 0.4) is 0 Å². The molecule has 4 nitrogen and oxygen atoms in total. The molecular weight excluding hydrogens is 457 g/mol. The molecule has 0 unspecified atom stereocenters. The molecule has 0 spiro atoms. The second-order valence-electron chi connectivity index (χ2n) is 9.13. The van der Waals surface area contributed by atoms with Gasteiger partial charge >= 0.3 is 6.18 Å². The van der Waals surface area contributed by atoms with Crippen molar-refractivity contribution < 1.29 is 22.6 Å². The number of ether oxygens (including phenoxy) is 2. The van der Waals surface area contributed by atoms with Gasteiger partial charge in [-0.3, -0.25) is 0 Å². The Morgan fingerprint density at radius 3 is 2.12 bits per heavy atom. The van der Waals surface area contributed by atoms with Crippen LogP contribution in [0.5, 0.6) is 11.5 Å². The van der Waals surface area contributed by atoms with E-state index in [1.165, 1.54) is 0 Å². The Kier molecular flexibility index (Phi) is 9.10. The van der Waals surface area contributed by atoms with Crippen molar-refractivity contribution in [2.45, 2.75) is 57.2 Å². The summed E-state index contributed by atoms with van der Waals surface area (Å²) in [6, 6.07) is 18.8. The predicted molar refractivity (Wildman–Crippen MR) is 131 cm³/mol. The van der Waals surface area contributed by atoms with Crippen LogP contribution in [0.15, 0.2) is 67.0 Å². The quantitative estimate of drug-likeness (QED) is 0.195. The van der Waals surface area contributed by atoms with E-state index in [-0.39, 0.29) is 6.04 Å². The second kappa shape index (κ2) is 12.0. The Balaban J connectivity index is 1.39. The van der Waals surface area contributed by atoms with Crippen LogP contribution in [0.4, 0.5) is 13.2 Å². The van der Waals surface area contributed by atoms with Crippen LogP contribution in [0, 0.1) is 0 Å². The summed E-state index contributed by atoms with van der Waals surface area (Å²) in [6.45, 7) is 5.05. The number of aromatic nitrogens is 2. The van der Waals surface area contributed by atoms with Gasteiger partial charge in [0, 0.05) is 20.1 Å². The number of alkyl halides is 3. The minimum atomic E-state index is -4.06. The van der Waals surface area contributed by atoms with Gasteiger partial charge in [0.05, 0.1) is 19.0 Å². The maximum absolute atomic E-state index is 12.4. The van der Waals surface area contributed by atoms with Gasteiger partial charge in [0.25, 0.3) is 0 Å². The number of hydrogen-bond acceptors (Lipinski definition) is 4. The van der Waals surface area contributed by atoms with Gasteiger partial charge in [-0.15, -0.1) is 0 Å². The highest BCUT2D eigenvalue weighted by Gasteiger charge is 2.31. The zero-order valence-corrected chi connectivity index (χ0v) is 20.6. The summed E-state index contributed by atoms with van der Waals surface area (Å²) in [6.07, 6.45) is 0.227. The van der Waals surface area contributed by atoms with Crippen LogP contribution in [-0.4, -0.2) is 30.8 Å². The molecule has 2 aromatic carbocycles. The lowest BCUT2D eigenvalue weighted by molar-refractivity contribution is -0.130. The van der Waals surface area contributed by atoms with Crippen molar-refractivity contribution >= 4 is 8.07 Å². The molecule has 3 rings (SSSR count). The third kappa shape index (κ3) is 9.17. The van der Waals surface area contributed by atoms with Crippen molar-refractivity contribution in [2.24, 2.45) is 0 Å². The van der Waals surface area contributed by atoms with Crippen molar-refractivity contribution in [3.63, 3.8) is 0 Å². The maximum Gasteiger partial charge on any atom is 0.388 e. The van der Waals surface area contributed by atoms with E-state index in [4.69, 9.17) is 9.47 Å². The molecule has 0 aliphatic heterocycles. The van der Waals surface area contributed by atoms with Crippen LogP contribution < -0.4 is 9.47 Å². The van der Waals surface area contributed by atoms with Gasteiger partial charge in [0.15, 0.2) is 11.6 Å². The lowest BCUT2D eigenvalue weighted by atomic mass is 10.2. The smallest absolute Gasteiger partial charge is 0.388 e. The summed E-state index contributed by atoms with van der Waals surface area (Å²) in [5.74, 6) is 1.96. The third-order valence-electron chi connectivity index (χ3n) is 5.59. The molecule has 0 amide bonds. The summed E-state index contributed by atoms with van der Waals surface area (Å²) in [5, 5.41) is 0. The molecule has 3 aromatic rings. The van der Waals surface area contributed by atoms with E-state index in [9.17, 15) is 13.2 Å². The summed E-state index contributed by atoms with van der Waals surface area (Å²) >= 11 is 0. The Morgan fingerprint density at radius 1 is 0.794 bits per heavy atom. The minimum Gasteiger partial charge on any atom is -0.490 e. The van der Waals surface area contributed by atoms with Crippen molar-refractivity contribution in [2.75, 3.05) is 6.61 Å². The van der Waals surface area contributed by atoms with E-state index in [1.54, 1.807) is 12.4 Å². The van der Waals surface area contributed by atoms with Crippen molar-refractivity contribution in [3.8, 4) is 22.9 Å². The lowest BCUT2D eigenvalue weighted by Crippen LogP contribution is -2.27. The average Bonchev–Trinajstić information content (AvgIpc) is 2.82. The Morgan fingerprint density at radius 2 is 1.47 bits per heavy atom. The van der Waals surface area contributed by atoms with Gasteiger partial charge in [-0.25, -0.2) is 9.97 Å². The number of unbranched alkanes of at least 4 members (excludes halogenated alkanes) is 1. The average molecular weight is 489 g/mol. The summed E-state index contributed by atoms with van der Waals surface area (Å²) in [5.41, 5.74) is 1.99. The molecule has 0 fully saturated rings. The van der Waals surface area contributed by atoms with Crippen LogP contribution in [-0.2, 0) is 6.61 Å². The standard InChI is InChI=1S/C26H31F3N2O2Si/c1-34(2,17-14-26(27,28)29)16-7-6-15-32-24-18-30-25(31-19-24)22-10-12-23(13-11-22)33-20-21-8-4-3-5-9-21/h3-5,8-13,18-19H,6-7,14-17,20H2,1-2H3. The Bertz CT molecular complexity index is 995. The first-order valence-electron chi connectivity index (χ1n) is 11.5. The normalized spacial score (nSPS) is 11.9. The van der Waals surface area contributed by atoms with E-state index >= 15 is 0 Å². The molecule has 0 N–H and O–H groups in total. The molecule has 182 valence electrons. The summed E-state index contributed by atoms with van der Waals surface area (Å²) in [4.78, 5) is 8.76. The first-order chi connectivity index (χ1) is 16.2. The van der Waals surface area contributed by atoms with Crippen LogP contribution >= 0.6 is 0 Å². The van der Waals surface area contributed by atoms with Gasteiger partial charge < -0.3 is 9.47 Å². The highest BCUT2D eigenvalue weighted by molar-refractivity contribution is 6.77. The zero-order chi connectivity index (χ0) is 24.4. The molecule has 1 heterocycles. The summed E-state index contributed by atoms with van der Waals surface area (Å²) in [7, 11) is -1.82. The van der Waals surface area contributed by atoms with Crippen molar-refractivity contribution in [3.05, 3.63) is 72.6 Å². The van der Waals surface area contributed by atoms with E-state index < -0.39 is 20.7 Å². The van der Waals surface area contributed by atoms with E-state index in [1.807, 2.05) is 67.7 Å². The second-order valence-corrected chi connectivity index (χ2v) is 14.5. The molecule has 0 atom stereocenters. The molecular formula is C26H31F3N2O2Si. The van der Waals surface area contributed by atoms with Gasteiger partial charge in [-0.05, 0) is 42.3 Å². The van der Waals surface area contributed by atoms with Crippen molar-refractivity contribution in [1.82, 2.24) is 9.97 Å². The van der Waals surface area contributed by atoms with Crippen LogP contribution in [0.25, 0.3) is 11.4 Å². The van der Waals surface area contributed by atoms with Crippen molar-refractivity contribution in [1.29, 1.82) is 0 Å². The Hall–Kier alpha value is -2.87. The van der Waals surface area contributed by atoms with Gasteiger partial charge in [0.1, 0.15) is 12.4 Å². The number of halogens is 3. The molecule has 0 aliphatic rings. The molecule has 0 saturated heterocycles. The molecule has 0 saturated carbocycles. The predicted octanol–water partition coefficient (Wildman–Crippen LogP) is 7.54. The summed E-state index contributed by atoms with van der Waals surface area (Å²) < 4.78 is 48.9. The monoisotopic (exact) mass is 488 g/mol. The topological polar surface area (TPSA) is 44.2 Å². The van der Waals surface area contributed by atoms with E-state index in [2.05, 4.69) is 9.97 Å². The fourth-order valence-electron chi connectivity index (χ4n) is 3.48. The van der Waals surface area contributed by atoms with E-state index in [0.717, 1.165) is 35.8 Å². The Labute approximate surface area is 200 Å². The largest absolute Gasteiger partial charge is 0.490 e. The highest BCUT2D eigenvalue weighted by Crippen LogP contribution is 2.29. The van der Waals surface area contributed by atoms with Gasteiger partial charge in [0.2, 0.25) is 0 Å². The molecule has 34 heavy (non-hydrogen) atoms. The molecule has 8 heteroatoms. The fraction of sp³-hybridized carbons (Fsp3) is 0.385. The van der Waals surface area contributed by atoms with Gasteiger partial charge in [-0.2, -0.15) is 13.2 Å². The number of hydrogen-bond donors (Lipinski definition) is 0. The molecule has 0 bridgehead atoms. The number of benzene rings is 2. The molecule has 1 aromatic heterocycles. The highest BCUT2D eigenvalue weighted by atomic mass is 28.3. The molecule has 0 radical (unpaired) electrons. The third-order valence-corrected chi connectivity index (χ3v) is 8.90. The first-order valence-corrected chi connectivity index (χ1v) is 14.9. The van der Waals surface area contributed by atoms with Crippen LogP contribution in [0.1, 0.15) is 24.8 Å². The maximum atomic E-state index is 12.4. The fourth-order valence-corrected chi connectivity index (χ4v) is 5.90. The van der Waals surface area contributed by atoms with Crippen LogP contribution in [0.2, 0.25) is 25.2 Å². The number of rotatable bonds is 12. The first kappa shape index (κ1) is 25.7.